The Kier molecular flexibility index (Phi) is 4.05. The van der Waals surface area contributed by atoms with E-state index in [1.54, 1.807) is 0 Å². The van der Waals surface area contributed by atoms with E-state index < -0.39 is 5.41 Å². The van der Waals surface area contributed by atoms with Gasteiger partial charge in [0.15, 0.2) is 0 Å². The van der Waals surface area contributed by atoms with Crippen LogP contribution in [0.15, 0.2) is 30.5 Å². The molecule has 0 radical (unpaired) electrons. The first-order valence-corrected chi connectivity index (χ1v) is 9.19. The van der Waals surface area contributed by atoms with Crippen molar-refractivity contribution in [2.24, 2.45) is 12.5 Å². The van der Waals surface area contributed by atoms with Crippen LogP contribution in [0.2, 0.25) is 0 Å². The van der Waals surface area contributed by atoms with Crippen LogP contribution in [0, 0.1) is 5.41 Å². The van der Waals surface area contributed by atoms with Gasteiger partial charge in [-0.15, -0.1) is 0 Å². The number of H-pyrrole nitrogens is 1. The van der Waals surface area contributed by atoms with Crippen LogP contribution in [-0.4, -0.2) is 25.7 Å². The normalized spacial score (nSPS) is 17.3. The Labute approximate surface area is 153 Å². The van der Waals surface area contributed by atoms with Gasteiger partial charge in [-0.3, -0.25) is 9.48 Å². The molecule has 0 fully saturated rings. The Balaban J connectivity index is 1.50. The number of aromatic nitrogens is 4. The van der Waals surface area contributed by atoms with Crippen LogP contribution in [0.1, 0.15) is 49.8 Å². The van der Waals surface area contributed by atoms with E-state index in [0.29, 0.717) is 6.42 Å². The molecule has 0 aliphatic heterocycles. The Morgan fingerprint density at radius 2 is 2.19 bits per heavy atom. The van der Waals surface area contributed by atoms with Crippen LogP contribution >= 0.6 is 0 Å². The summed E-state index contributed by atoms with van der Waals surface area (Å²) in [7, 11) is 1.97. The molecule has 1 amide bonds. The van der Waals surface area contributed by atoms with Gasteiger partial charge in [-0.05, 0) is 31.4 Å². The van der Waals surface area contributed by atoms with Crippen LogP contribution in [0.4, 0.5) is 0 Å². The van der Waals surface area contributed by atoms with E-state index in [4.69, 9.17) is 0 Å². The monoisotopic (exact) mass is 351 g/mol. The summed E-state index contributed by atoms with van der Waals surface area (Å²) in [6, 6.07) is 7.99. The maximum Gasteiger partial charge on any atom is 0.226 e. The molecule has 1 aliphatic rings. The molecule has 0 spiro atoms. The van der Waals surface area contributed by atoms with Crippen molar-refractivity contribution in [3.63, 3.8) is 0 Å². The van der Waals surface area contributed by atoms with Crippen molar-refractivity contribution in [1.29, 1.82) is 0 Å². The molecule has 0 bridgehead atoms. The number of amides is 1. The zero-order chi connectivity index (χ0) is 18.3. The van der Waals surface area contributed by atoms with Crippen LogP contribution < -0.4 is 5.32 Å². The Morgan fingerprint density at radius 1 is 1.38 bits per heavy atom. The van der Waals surface area contributed by atoms with Crippen LogP contribution in [0.25, 0.3) is 11.0 Å². The van der Waals surface area contributed by atoms with E-state index in [0.717, 1.165) is 41.7 Å². The molecule has 1 aromatic carbocycles. The molecule has 2 aromatic heterocycles. The summed E-state index contributed by atoms with van der Waals surface area (Å²) in [4.78, 5) is 20.9. The fourth-order valence-electron chi connectivity index (χ4n) is 3.80. The highest BCUT2D eigenvalue weighted by atomic mass is 16.2. The van der Waals surface area contributed by atoms with Crippen molar-refractivity contribution in [1.82, 2.24) is 25.1 Å². The number of aromatic amines is 1. The van der Waals surface area contributed by atoms with E-state index in [9.17, 15) is 4.79 Å². The Bertz CT molecular complexity index is 919. The molecular weight excluding hydrogens is 326 g/mol. The molecule has 6 heteroatoms. The molecule has 6 nitrogen and oxygen atoms in total. The third-order valence-corrected chi connectivity index (χ3v) is 5.34. The van der Waals surface area contributed by atoms with E-state index in [1.807, 2.05) is 56.0 Å². The minimum atomic E-state index is -0.548. The summed E-state index contributed by atoms with van der Waals surface area (Å²) in [6.07, 6.45) is 5.53. The number of carbonyl (C=O) groups excluding carboxylic acids is 1. The summed E-state index contributed by atoms with van der Waals surface area (Å²) in [6.45, 7) is 3.95. The number of benzene rings is 1. The van der Waals surface area contributed by atoms with Crippen LogP contribution in [0.5, 0.6) is 0 Å². The lowest BCUT2D eigenvalue weighted by Gasteiger charge is -2.29. The van der Waals surface area contributed by atoms with Crippen LogP contribution in [0.3, 0.4) is 0 Å². The molecule has 26 heavy (non-hydrogen) atoms. The van der Waals surface area contributed by atoms with Crippen molar-refractivity contribution in [2.75, 3.05) is 0 Å². The van der Waals surface area contributed by atoms with Crippen molar-refractivity contribution >= 4 is 16.9 Å². The highest BCUT2D eigenvalue weighted by molar-refractivity contribution is 5.83. The van der Waals surface area contributed by atoms with Gasteiger partial charge in [0.25, 0.3) is 0 Å². The smallest absolute Gasteiger partial charge is 0.226 e. The summed E-state index contributed by atoms with van der Waals surface area (Å²) in [5, 5.41) is 7.61. The maximum atomic E-state index is 13.0. The van der Waals surface area contributed by atoms with Gasteiger partial charge in [0.05, 0.1) is 28.7 Å². The quantitative estimate of drug-likeness (QED) is 0.758. The van der Waals surface area contributed by atoms with Crippen LogP contribution in [-0.2, 0) is 24.7 Å². The molecule has 1 aliphatic carbocycles. The second-order valence-electron chi connectivity index (χ2n) is 7.85. The molecule has 0 saturated heterocycles. The van der Waals surface area contributed by atoms with E-state index >= 15 is 0 Å². The van der Waals surface area contributed by atoms with Gasteiger partial charge in [-0.25, -0.2) is 4.98 Å². The zero-order valence-electron chi connectivity index (χ0n) is 15.5. The third-order valence-electron chi connectivity index (χ3n) is 5.34. The minimum absolute atomic E-state index is 0.0508. The molecule has 2 heterocycles. The number of nitrogens with one attached hydrogen (secondary N) is 2. The number of fused-ring (bicyclic) bond motifs is 2. The number of para-hydroxylation sites is 2. The lowest BCUT2D eigenvalue weighted by atomic mass is 9.86. The summed E-state index contributed by atoms with van der Waals surface area (Å²) >= 11 is 0. The second-order valence-corrected chi connectivity index (χ2v) is 7.85. The van der Waals surface area contributed by atoms with Gasteiger partial charge in [0.1, 0.15) is 5.82 Å². The number of rotatable bonds is 4. The molecular formula is C20H25N5O. The Hall–Kier alpha value is -2.63. The van der Waals surface area contributed by atoms with Gasteiger partial charge in [0, 0.05) is 24.7 Å². The first-order valence-electron chi connectivity index (χ1n) is 9.19. The van der Waals surface area contributed by atoms with Crippen molar-refractivity contribution in [3.05, 3.63) is 47.5 Å². The minimum Gasteiger partial charge on any atom is -0.349 e. The standard InChI is InChI=1S/C20H25N5O/c1-20(2,11-18-22-15-7-4-5-8-16(15)23-18)19(26)24-14-9-6-10-17-13(14)12-21-25(17)3/h4-5,7-8,12,14H,6,9-11H2,1-3H3,(H,22,23)(H,24,26). The van der Waals surface area contributed by atoms with Crippen molar-refractivity contribution in [3.8, 4) is 0 Å². The largest absolute Gasteiger partial charge is 0.349 e. The van der Waals surface area contributed by atoms with Gasteiger partial charge >= 0.3 is 0 Å². The first kappa shape index (κ1) is 16.8. The summed E-state index contributed by atoms with van der Waals surface area (Å²) < 4.78 is 1.92. The molecule has 2 N–H and O–H groups in total. The van der Waals surface area contributed by atoms with Gasteiger partial charge < -0.3 is 10.3 Å². The van der Waals surface area contributed by atoms with E-state index in [-0.39, 0.29) is 11.9 Å². The average Bonchev–Trinajstić information content (AvgIpc) is 3.18. The predicted molar refractivity (Wildman–Crippen MR) is 101 cm³/mol. The predicted octanol–water partition coefficient (Wildman–Crippen LogP) is 3.06. The third kappa shape index (κ3) is 3.00. The number of hydrogen-bond donors (Lipinski definition) is 2. The average molecular weight is 351 g/mol. The molecule has 136 valence electrons. The highest BCUT2D eigenvalue weighted by Gasteiger charge is 2.33. The lowest BCUT2D eigenvalue weighted by Crippen LogP contribution is -2.41. The lowest BCUT2D eigenvalue weighted by molar-refractivity contribution is -0.130. The number of hydrogen-bond acceptors (Lipinski definition) is 3. The van der Waals surface area contributed by atoms with E-state index in [1.165, 1.54) is 5.69 Å². The highest BCUT2D eigenvalue weighted by Crippen LogP contribution is 2.31. The SMILES string of the molecule is Cn1ncc2c1CCCC2NC(=O)C(C)(C)Cc1nc2ccccc2[nH]1. The number of carbonyl (C=O) groups is 1. The van der Waals surface area contributed by atoms with E-state index in [2.05, 4.69) is 20.4 Å². The van der Waals surface area contributed by atoms with Crippen molar-refractivity contribution in [2.45, 2.75) is 45.6 Å². The van der Waals surface area contributed by atoms with Gasteiger partial charge in [-0.1, -0.05) is 26.0 Å². The zero-order valence-corrected chi connectivity index (χ0v) is 15.5. The summed E-state index contributed by atoms with van der Waals surface area (Å²) in [5.41, 5.74) is 3.79. The number of imidazole rings is 1. The van der Waals surface area contributed by atoms with Gasteiger partial charge in [-0.2, -0.15) is 5.10 Å². The van der Waals surface area contributed by atoms with Crippen molar-refractivity contribution < 1.29 is 4.79 Å². The van der Waals surface area contributed by atoms with Gasteiger partial charge in [0.2, 0.25) is 5.91 Å². The Morgan fingerprint density at radius 3 is 3.00 bits per heavy atom. The maximum absolute atomic E-state index is 13.0. The topological polar surface area (TPSA) is 75.6 Å². The number of nitrogens with zero attached hydrogens (tertiary/aromatic N) is 3. The molecule has 1 atom stereocenters. The molecule has 3 aromatic rings. The molecule has 1 unspecified atom stereocenters. The summed E-state index contributed by atoms with van der Waals surface area (Å²) in [5.74, 6) is 0.900. The first-order chi connectivity index (χ1) is 12.4. The molecule has 4 rings (SSSR count). The fraction of sp³-hybridized carbons (Fsp3) is 0.450. The fourth-order valence-corrected chi connectivity index (χ4v) is 3.80. The second kappa shape index (κ2) is 6.27. The number of aryl methyl sites for hydroxylation is 1. The molecule has 0 saturated carbocycles.